The Labute approximate surface area is 121 Å². The predicted molar refractivity (Wildman–Crippen MR) is 70.6 cm³/mol. The van der Waals surface area contributed by atoms with Gasteiger partial charge in [-0.2, -0.15) is 0 Å². The van der Waals surface area contributed by atoms with E-state index in [2.05, 4.69) is 0 Å². The lowest BCUT2D eigenvalue weighted by Gasteiger charge is -2.15. The standard InChI is InChI=1S/C14H16FNO5/c1-14(2)12(17)16(13(18)21-14)7-8-5-10(19-3)11(20-4)6-9(8)15/h5-6H,7H2,1-4H3. The van der Waals surface area contributed by atoms with Gasteiger partial charge in [-0.05, 0) is 19.9 Å². The van der Waals surface area contributed by atoms with Crippen LogP contribution in [0.25, 0.3) is 0 Å². The van der Waals surface area contributed by atoms with E-state index in [0.29, 0.717) is 5.75 Å². The van der Waals surface area contributed by atoms with E-state index >= 15 is 0 Å². The largest absolute Gasteiger partial charge is 0.493 e. The van der Waals surface area contributed by atoms with Crippen molar-refractivity contribution in [3.8, 4) is 11.5 Å². The van der Waals surface area contributed by atoms with Gasteiger partial charge in [-0.1, -0.05) is 0 Å². The molecule has 0 aromatic heterocycles. The first-order valence-electron chi connectivity index (χ1n) is 6.25. The van der Waals surface area contributed by atoms with Gasteiger partial charge < -0.3 is 14.2 Å². The molecule has 0 radical (unpaired) electrons. The van der Waals surface area contributed by atoms with Crippen LogP contribution in [0, 0.1) is 5.82 Å². The normalized spacial score (nSPS) is 16.9. The van der Waals surface area contributed by atoms with E-state index in [9.17, 15) is 14.0 Å². The lowest BCUT2D eigenvalue weighted by atomic mass is 10.1. The van der Waals surface area contributed by atoms with Crippen molar-refractivity contribution in [2.45, 2.75) is 26.0 Å². The van der Waals surface area contributed by atoms with Crippen LogP contribution in [0.15, 0.2) is 12.1 Å². The summed E-state index contributed by atoms with van der Waals surface area (Å²) in [6.07, 6.45) is -0.792. The van der Waals surface area contributed by atoms with Crippen molar-refractivity contribution >= 4 is 12.0 Å². The zero-order chi connectivity index (χ0) is 15.8. The van der Waals surface area contributed by atoms with E-state index in [-0.39, 0.29) is 17.9 Å². The molecule has 1 saturated heterocycles. The number of halogens is 1. The molecule has 1 aromatic carbocycles. The van der Waals surface area contributed by atoms with Crippen LogP contribution in [-0.4, -0.2) is 36.7 Å². The molecule has 0 bridgehead atoms. The highest BCUT2D eigenvalue weighted by atomic mass is 19.1. The summed E-state index contributed by atoms with van der Waals surface area (Å²) in [4.78, 5) is 24.6. The number of hydrogen-bond donors (Lipinski definition) is 0. The number of imide groups is 1. The van der Waals surface area contributed by atoms with Crippen molar-refractivity contribution in [2.75, 3.05) is 14.2 Å². The van der Waals surface area contributed by atoms with E-state index in [0.717, 1.165) is 11.0 Å². The van der Waals surface area contributed by atoms with Gasteiger partial charge in [0.15, 0.2) is 17.1 Å². The molecule has 1 fully saturated rings. The first-order valence-corrected chi connectivity index (χ1v) is 6.25. The van der Waals surface area contributed by atoms with Crippen LogP contribution in [0.2, 0.25) is 0 Å². The van der Waals surface area contributed by atoms with Gasteiger partial charge in [-0.15, -0.1) is 0 Å². The van der Waals surface area contributed by atoms with Crippen molar-refractivity contribution in [1.29, 1.82) is 0 Å². The number of carbonyl (C=O) groups is 2. The molecule has 2 amide bonds. The SMILES string of the molecule is COc1cc(F)c(CN2C(=O)OC(C)(C)C2=O)cc1OC. The summed E-state index contributed by atoms with van der Waals surface area (Å²) >= 11 is 0. The summed E-state index contributed by atoms with van der Waals surface area (Å²) < 4.78 is 29.0. The third kappa shape index (κ3) is 2.63. The number of rotatable bonds is 4. The maximum absolute atomic E-state index is 14.0. The second-order valence-electron chi connectivity index (χ2n) is 5.07. The second-order valence-corrected chi connectivity index (χ2v) is 5.07. The summed E-state index contributed by atoms with van der Waals surface area (Å²) in [6.45, 7) is 2.74. The molecule has 0 unspecified atom stereocenters. The molecule has 0 saturated carbocycles. The Morgan fingerprint density at radius 3 is 2.24 bits per heavy atom. The van der Waals surface area contributed by atoms with Crippen LogP contribution in [0.1, 0.15) is 19.4 Å². The van der Waals surface area contributed by atoms with Gasteiger partial charge in [0.1, 0.15) is 5.82 Å². The van der Waals surface area contributed by atoms with Gasteiger partial charge in [0, 0.05) is 11.6 Å². The topological polar surface area (TPSA) is 65.1 Å². The molecule has 21 heavy (non-hydrogen) atoms. The predicted octanol–water partition coefficient (Wildman–Crippen LogP) is 2.10. The molecule has 7 heteroatoms. The van der Waals surface area contributed by atoms with Crippen LogP contribution in [0.3, 0.4) is 0 Å². The Morgan fingerprint density at radius 2 is 1.76 bits per heavy atom. The van der Waals surface area contributed by atoms with Gasteiger partial charge in [-0.3, -0.25) is 4.79 Å². The zero-order valence-corrected chi connectivity index (χ0v) is 12.2. The molecule has 0 aliphatic carbocycles. The molecule has 1 aromatic rings. The molecule has 1 heterocycles. The minimum absolute atomic E-state index is 0.135. The van der Waals surface area contributed by atoms with E-state index in [1.165, 1.54) is 34.1 Å². The van der Waals surface area contributed by atoms with E-state index in [1.807, 2.05) is 0 Å². The minimum Gasteiger partial charge on any atom is -0.493 e. The maximum Gasteiger partial charge on any atom is 0.418 e. The molecular formula is C14H16FNO5. The van der Waals surface area contributed by atoms with Crippen molar-refractivity contribution in [1.82, 2.24) is 4.90 Å². The average Bonchev–Trinajstić information content (AvgIpc) is 2.62. The number of hydrogen-bond acceptors (Lipinski definition) is 5. The summed E-state index contributed by atoms with van der Waals surface area (Å²) in [6, 6.07) is 2.53. The minimum atomic E-state index is -1.23. The third-order valence-corrected chi connectivity index (χ3v) is 3.20. The van der Waals surface area contributed by atoms with Crippen molar-refractivity contribution in [2.24, 2.45) is 0 Å². The Balaban J connectivity index is 2.32. The molecule has 0 N–H and O–H groups in total. The first kappa shape index (κ1) is 15.1. The first-order chi connectivity index (χ1) is 9.80. The number of amides is 2. The summed E-state index contributed by atoms with van der Waals surface area (Å²) in [5.74, 6) is -0.567. The van der Waals surface area contributed by atoms with Crippen molar-refractivity contribution in [3.63, 3.8) is 0 Å². The Bertz CT molecular complexity index is 599. The smallest absolute Gasteiger partial charge is 0.418 e. The summed E-state index contributed by atoms with van der Waals surface area (Å²) in [5.41, 5.74) is -1.10. The highest BCUT2D eigenvalue weighted by Crippen LogP contribution is 2.32. The Kier molecular flexibility index (Phi) is 3.76. The number of methoxy groups -OCH3 is 2. The van der Waals surface area contributed by atoms with Crippen LogP contribution in [-0.2, 0) is 16.1 Å². The molecule has 2 rings (SSSR count). The summed E-state index contributed by atoms with van der Waals surface area (Å²) in [5, 5.41) is 0. The van der Waals surface area contributed by atoms with E-state index in [1.54, 1.807) is 0 Å². The Morgan fingerprint density at radius 1 is 1.19 bits per heavy atom. The molecule has 114 valence electrons. The van der Waals surface area contributed by atoms with Gasteiger partial charge >= 0.3 is 6.09 Å². The maximum atomic E-state index is 14.0. The van der Waals surface area contributed by atoms with Crippen LogP contribution in [0.5, 0.6) is 11.5 Å². The van der Waals surface area contributed by atoms with Crippen LogP contribution in [0.4, 0.5) is 9.18 Å². The molecule has 1 aliphatic rings. The third-order valence-electron chi connectivity index (χ3n) is 3.20. The van der Waals surface area contributed by atoms with Crippen LogP contribution >= 0.6 is 0 Å². The molecular weight excluding hydrogens is 281 g/mol. The van der Waals surface area contributed by atoms with E-state index < -0.39 is 23.4 Å². The fourth-order valence-corrected chi connectivity index (χ4v) is 2.05. The average molecular weight is 297 g/mol. The monoisotopic (exact) mass is 297 g/mol. The fourth-order valence-electron chi connectivity index (χ4n) is 2.05. The Hall–Kier alpha value is -2.31. The van der Waals surface area contributed by atoms with E-state index in [4.69, 9.17) is 14.2 Å². The van der Waals surface area contributed by atoms with Gasteiger partial charge in [0.2, 0.25) is 0 Å². The van der Waals surface area contributed by atoms with Crippen molar-refractivity contribution < 1.29 is 28.2 Å². The molecule has 0 atom stereocenters. The zero-order valence-electron chi connectivity index (χ0n) is 12.2. The molecule has 1 aliphatic heterocycles. The van der Waals surface area contributed by atoms with Gasteiger partial charge in [0.25, 0.3) is 5.91 Å². The number of benzene rings is 1. The van der Waals surface area contributed by atoms with Gasteiger partial charge in [0.05, 0.1) is 20.8 Å². The summed E-state index contributed by atoms with van der Waals surface area (Å²) in [7, 11) is 2.80. The van der Waals surface area contributed by atoms with Crippen LogP contribution < -0.4 is 9.47 Å². The van der Waals surface area contributed by atoms with Crippen molar-refractivity contribution in [3.05, 3.63) is 23.5 Å². The fraction of sp³-hybridized carbons (Fsp3) is 0.429. The number of ether oxygens (including phenoxy) is 3. The quantitative estimate of drug-likeness (QED) is 0.851. The second kappa shape index (κ2) is 5.23. The van der Waals surface area contributed by atoms with Gasteiger partial charge in [-0.25, -0.2) is 14.1 Å². The lowest BCUT2D eigenvalue weighted by Crippen LogP contribution is -2.36. The molecule has 0 spiro atoms. The number of cyclic esters (lactones) is 1. The molecule has 6 nitrogen and oxygen atoms in total. The highest BCUT2D eigenvalue weighted by molar-refractivity contribution is 6.02. The highest BCUT2D eigenvalue weighted by Gasteiger charge is 2.47. The number of carbonyl (C=O) groups excluding carboxylic acids is 2. The number of nitrogens with zero attached hydrogens (tertiary/aromatic N) is 1. The lowest BCUT2D eigenvalue weighted by molar-refractivity contribution is -0.134.